The predicted octanol–water partition coefficient (Wildman–Crippen LogP) is 3.19. The first-order chi connectivity index (χ1) is 9.66. The summed E-state index contributed by atoms with van der Waals surface area (Å²) in [4.78, 5) is 19.2. The summed E-state index contributed by atoms with van der Waals surface area (Å²) >= 11 is 11.9. The van der Waals surface area contributed by atoms with Crippen molar-refractivity contribution in [2.75, 3.05) is 6.54 Å². The van der Waals surface area contributed by atoms with Gasteiger partial charge in [-0.3, -0.25) is 4.84 Å². The lowest BCUT2D eigenvalue weighted by Gasteiger charge is -2.30. The Kier molecular flexibility index (Phi) is 4.06. The van der Waals surface area contributed by atoms with Crippen LogP contribution in [0.3, 0.4) is 0 Å². The highest BCUT2D eigenvalue weighted by molar-refractivity contribution is 6.44. The van der Waals surface area contributed by atoms with Gasteiger partial charge in [-0.05, 0) is 18.4 Å². The van der Waals surface area contributed by atoms with Crippen LogP contribution < -0.4 is 0 Å². The number of hydrogen-bond acceptors (Lipinski definition) is 2. The minimum atomic E-state index is -0.547. The second-order valence-corrected chi connectivity index (χ2v) is 6.32. The SMILES string of the molecule is O=C1N2CC(CCC2C(Cl)Cl)N1OCc1ccccc1. The summed E-state index contributed by atoms with van der Waals surface area (Å²) in [5.74, 6) is 0. The van der Waals surface area contributed by atoms with E-state index in [1.807, 2.05) is 30.3 Å². The molecule has 0 saturated carbocycles. The molecule has 1 aromatic carbocycles. The van der Waals surface area contributed by atoms with E-state index >= 15 is 0 Å². The van der Waals surface area contributed by atoms with Crippen LogP contribution in [0.4, 0.5) is 4.79 Å². The fourth-order valence-electron chi connectivity index (χ4n) is 2.81. The molecule has 2 amide bonds. The van der Waals surface area contributed by atoms with Gasteiger partial charge in [0.05, 0.1) is 12.1 Å². The number of rotatable bonds is 4. The van der Waals surface area contributed by atoms with E-state index in [0.717, 1.165) is 18.4 Å². The van der Waals surface area contributed by atoms with Gasteiger partial charge < -0.3 is 4.90 Å². The number of hydrogen-bond donors (Lipinski definition) is 0. The van der Waals surface area contributed by atoms with E-state index in [0.29, 0.717) is 13.2 Å². The highest BCUT2D eigenvalue weighted by Gasteiger charge is 2.47. The molecule has 2 atom stereocenters. The summed E-state index contributed by atoms with van der Waals surface area (Å²) in [5, 5.41) is 1.49. The maximum Gasteiger partial charge on any atom is 0.344 e. The van der Waals surface area contributed by atoms with Gasteiger partial charge in [0.1, 0.15) is 11.4 Å². The molecule has 6 heteroatoms. The van der Waals surface area contributed by atoms with Gasteiger partial charge in [-0.15, -0.1) is 23.2 Å². The molecule has 0 spiro atoms. The van der Waals surface area contributed by atoms with E-state index in [-0.39, 0.29) is 18.1 Å². The van der Waals surface area contributed by atoms with Crippen LogP contribution in [0, 0.1) is 0 Å². The number of carbonyl (C=O) groups is 1. The van der Waals surface area contributed by atoms with E-state index in [2.05, 4.69) is 0 Å². The van der Waals surface area contributed by atoms with Gasteiger partial charge in [-0.25, -0.2) is 4.79 Å². The van der Waals surface area contributed by atoms with Crippen LogP contribution in [0.1, 0.15) is 18.4 Å². The van der Waals surface area contributed by atoms with Gasteiger partial charge in [0.25, 0.3) is 0 Å². The van der Waals surface area contributed by atoms with E-state index in [1.54, 1.807) is 4.90 Å². The Morgan fingerprint density at radius 1 is 1.25 bits per heavy atom. The van der Waals surface area contributed by atoms with Crippen LogP contribution in [0.15, 0.2) is 30.3 Å². The standard InChI is InChI=1S/C14H16Cl2N2O2/c15-13(16)12-7-6-11-8-17(12)14(19)18(11)20-9-10-4-2-1-3-5-10/h1-5,11-13H,6-9H2. The number of piperidine rings is 1. The third-order valence-corrected chi connectivity index (χ3v) is 4.46. The zero-order chi connectivity index (χ0) is 14.1. The largest absolute Gasteiger partial charge is 0.344 e. The molecule has 20 heavy (non-hydrogen) atoms. The highest BCUT2D eigenvalue weighted by atomic mass is 35.5. The number of amides is 2. The van der Waals surface area contributed by atoms with Crippen molar-refractivity contribution in [1.29, 1.82) is 0 Å². The molecular weight excluding hydrogens is 299 g/mol. The molecule has 0 N–H and O–H groups in total. The van der Waals surface area contributed by atoms with Gasteiger partial charge in [0.15, 0.2) is 0 Å². The molecule has 0 radical (unpaired) electrons. The summed E-state index contributed by atoms with van der Waals surface area (Å²) in [5.41, 5.74) is 1.04. The summed E-state index contributed by atoms with van der Waals surface area (Å²) in [6.07, 6.45) is 1.69. The Hall–Kier alpha value is -0.970. The number of benzene rings is 1. The molecule has 2 aliphatic rings. The number of fused-ring (bicyclic) bond motifs is 2. The smallest absolute Gasteiger partial charge is 0.315 e. The van der Waals surface area contributed by atoms with Gasteiger partial charge in [-0.2, -0.15) is 5.06 Å². The normalized spacial score (nSPS) is 25.6. The van der Waals surface area contributed by atoms with Crippen LogP contribution >= 0.6 is 23.2 Å². The van der Waals surface area contributed by atoms with Crippen molar-refractivity contribution in [2.45, 2.75) is 36.4 Å². The van der Waals surface area contributed by atoms with Crippen LogP contribution in [-0.4, -0.2) is 39.5 Å². The molecule has 3 rings (SSSR count). The van der Waals surface area contributed by atoms with E-state index < -0.39 is 4.84 Å². The minimum Gasteiger partial charge on any atom is -0.315 e. The fourth-order valence-corrected chi connectivity index (χ4v) is 3.33. The average molecular weight is 315 g/mol. The van der Waals surface area contributed by atoms with Crippen molar-refractivity contribution in [3.8, 4) is 0 Å². The molecule has 4 nitrogen and oxygen atoms in total. The van der Waals surface area contributed by atoms with Crippen LogP contribution in [0.25, 0.3) is 0 Å². The van der Waals surface area contributed by atoms with Gasteiger partial charge in [-0.1, -0.05) is 30.3 Å². The first-order valence-corrected chi connectivity index (χ1v) is 7.59. The van der Waals surface area contributed by atoms with Crippen LogP contribution in [0.2, 0.25) is 0 Å². The fraction of sp³-hybridized carbons (Fsp3) is 0.500. The zero-order valence-electron chi connectivity index (χ0n) is 10.9. The molecule has 2 fully saturated rings. The summed E-state index contributed by atoms with van der Waals surface area (Å²) in [6.45, 7) is 1.04. The lowest BCUT2D eigenvalue weighted by molar-refractivity contribution is -0.140. The summed E-state index contributed by atoms with van der Waals surface area (Å²) in [6, 6.07) is 9.69. The maximum absolute atomic E-state index is 12.3. The molecule has 0 aliphatic carbocycles. The van der Waals surface area contributed by atoms with Crippen molar-refractivity contribution in [2.24, 2.45) is 0 Å². The minimum absolute atomic E-state index is 0.104. The monoisotopic (exact) mass is 314 g/mol. The molecular formula is C14H16Cl2N2O2. The maximum atomic E-state index is 12.3. The predicted molar refractivity (Wildman–Crippen MR) is 77.5 cm³/mol. The van der Waals surface area contributed by atoms with Crippen molar-refractivity contribution in [3.63, 3.8) is 0 Å². The Bertz CT molecular complexity index is 483. The molecule has 2 saturated heterocycles. The molecule has 2 aliphatic heterocycles. The topological polar surface area (TPSA) is 32.8 Å². The summed E-state index contributed by atoms with van der Waals surface area (Å²) in [7, 11) is 0. The van der Waals surface area contributed by atoms with Crippen LogP contribution in [0.5, 0.6) is 0 Å². The first kappa shape index (κ1) is 14.0. The molecule has 0 aromatic heterocycles. The summed E-state index contributed by atoms with van der Waals surface area (Å²) < 4.78 is 0. The average Bonchev–Trinajstić information content (AvgIpc) is 2.70. The first-order valence-electron chi connectivity index (χ1n) is 6.71. The van der Waals surface area contributed by atoms with Crippen LogP contribution in [-0.2, 0) is 11.4 Å². The Labute approximate surface area is 128 Å². The highest BCUT2D eigenvalue weighted by Crippen LogP contribution is 2.34. The number of urea groups is 1. The number of halogens is 2. The Balaban J connectivity index is 1.65. The second-order valence-electron chi connectivity index (χ2n) is 5.15. The lowest BCUT2D eigenvalue weighted by Crippen LogP contribution is -2.43. The van der Waals surface area contributed by atoms with Gasteiger partial charge in [0, 0.05) is 6.54 Å². The van der Waals surface area contributed by atoms with Crippen molar-refractivity contribution in [3.05, 3.63) is 35.9 Å². The van der Waals surface area contributed by atoms with E-state index in [4.69, 9.17) is 28.0 Å². The molecule has 2 bridgehead atoms. The zero-order valence-corrected chi connectivity index (χ0v) is 12.4. The Morgan fingerprint density at radius 3 is 2.70 bits per heavy atom. The molecule has 1 aromatic rings. The van der Waals surface area contributed by atoms with Crippen molar-refractivity contribution < 1.29 is 9.63 Å². The number of carbonyl (C=O) groups excluding carboxylic acids is 1. The molecule has 2 heterocycles. The molecule has 2 unspecified atom stereocenters. The van der Waals surface area contributed by atoms with Crippen molar-refractivity contribution in [1.82, 2.24) is 9.96 Å². The number of hydroxylamine groups is 2. The Morgan fingerprint density at radius 2 is 2.00 bits per heavy atom. The number of alkyl halides is 2. The van der Waals surface area contributed by atoms with E-state index in [9.17, 15) is 4.79 Å². The lowest BCUT2D eigenvalue weighted by atomic mass is 10.0. The van der Waals surface area contributed by atoms with E-state index in [1.165, 1.54) is 5.06 Å². The van der Waals surface area contributed by atoms with Crippen molar-refractivity contribution >= 4 is 29.2 Å². The quantitative estimate of drug-likeness (QED) is 0.800. The third kappa shape index (κ3) is 2.60. The second kappa shape index (κ2) is 5.80. The molecule has 108 valence electrons. The third-order valence-electron chi connectivity index (χ3n) is 3.87. The van der Waals surface area contributed by atoms with Gasteiger partial charge >= 0.3 is 6.03 Å². The number of nitrogens with zero attached hydrogens (tertiary/aromatic N) is 2. The van der Waals surface area contributed by atoms with Gasteiger partial charge in [0.2, 0.25) is 0 Å².